The number of ether oxygens (including phenoxy) is 1. The quantitative estimate of drug-likeness (QED) is 0.573. The molecule has 3 aliphatic rings. The van der Waals surface area contributed by atoms with Gasteiger partial charge in [0, 0.05) is 11.6 Å². The van der Waals surface area contributed by atoms with Crippen LogP contribution in [0.2, 0.25) is 0 Å². The Hall–Kier alpha value is -3.46. The van der Waals surface area contributed by atoms with Crippen LogP contribution < -0.4 is 10.6 Å². The number of benzene rings is 2. The summed E-state index contributed by atoms with van der Waals surface area (Å²) in [5, 5.41) is 17.2. The maximum Gasteiger partial charge on any atom is 0.310 e. The molecule has 3 amide bonds. The first kappa shape index (κ1) is 23.3. The second kappa shape index (κ2) is 9.65. The molecule has 0 radical (unpaired) electrons. The summed E-state index contributed by atoms with van der Waals surface area (Å²) >= 11 is 0. The largest absolute Gasteiger partial charge is 0.434 e. The highest BCUT2D eigenvalue weighted by atomic mass is 16.6. The average Bonchev–Trinajstić information content (AvgIpc) is 3.40. The van der Waals surface area contributed by atoms with Crippen LogP contribution >= 0.6 is 0 Å². The first-order valence-electron chi connectivity index (χ1n) is 12.2. The predicted octanol–water partition coefficient (Wildman–Crippen LogP) is 1.62. The molecule has 0 spiro atoms. The molecule has 184 valence electrons. The molecule has 0 aliphatic carbocycles. The number of aliphatic hydroxyl groups excluding tert-OH is 1. The minimum Gasteiger partial charge on any atom is -0.434 e. The van der Waals surface area contributed by atoms with Crippen LogP contribution in [0.25, 0.3) is 10.8 Å². The lowest BCUT2D eigenvalue weighted by atomic mass is 9.98. The average molecular weight is 480 g/mol. The van der Waals surface area contributed by atoms with E-state index in [1.54, 1.807) is 11.0 Å². The predicted molar refractivity (Wildman–Crippen MR) is 126 cm³/mol. The van der Waals surface area contributed by atoms with Gasteiger partial charge in [0.05, 0.1) is 6.42 Å². The molecule has 9 nitrogen and oxygen atoms in total. The number of hydrogen-bond acceptors (Lipinski definition) is 6. The van der Waals surface area contributed by atoms with E-state index in [9.17, 15) is 24.3 Å². The first-order valence-corrected chi connectivity index (χ1v) is 12.2. The van der Waals surface area contributed by atoms with Crippen molar-refractivity contribution in [3.05, 3.63) is 48.0 Å². The lowest BCUT2D eigenvalue weighted by molar-refractivity contribution is -0.155. The van der Waals surface area contributed by atoms with Crippen molar-refractivity contribution in [3.8, 4) is 0 Å². The van der Waals surface area contributed by atoms with Crippen molar-refractivity contribution in [2.75, 3.05) is 0 Å². The van der Waals surface area contributed by atoms with Crippen molar-refractivity contribution in [3.63, 3.8) is 0 Å². The number of aliphatic hydroxyl groups is 1. The van der Waals surface area contributed by atoms with E-state index in [2.05, 4.69) is 10.6 Å². The molecule has 5 atom stereocenters. The van der Waals surface area contributed by atoms with E-state index in [1.165, 1.54) is 0 Å². The van der Waals surface area contributed by atoms with Crippen LogP contribution in [-0.2, 0) is 19.1 Å². The maximum atomic E-state index is 13.7. The molecule has 5 rings (SSSR count). The molecule has 2 unspecified atom stereocenters. The molecule has 2 aromatic rings. The van der Waals surface area contributed by atoms with Gasteiger partial charge >= 0.3 is 5.97 Å². The Bertz CT molecular complexity index is 1160. The number of fused-ring (bicyclic) bond motifs is 2. The summed E-state index contributed by atoms with van der Waals surface area (Å²) in [7, 11) is 0. The van der Waals surface area contributed by atoms with E-state index in [0.717, 1.165) is 30.0 Å². The monoisotopic (exact) mass is 479 g/mol. The second-order valence-electron chi connectivity index (χ2n) is 9.53. The Labute approximate surface area is 202 Å². The van der Waals surface area contributed by atoms with Gasteiger partial charge in [-0.3, -0.25) is 19.2 Å². The Kier molecular flexibility index (Phi) is 6.42. The third-order valence-corrected chi connectivity index (χ3v) is 7.29. The minimum absolute atomic E-state index is 0.0816. The van der Waals surface area contributed by atoms with Crippen LogP contribution in [0.4, 0.5) is 0 Å². The molecule has 3 saturated heterocycles. The minimum atomic E-state index is -1.39. The fraction of sp³-hybridized carbons (Fsp3) is 0.462. The van der Waals surface area contributed by atoms with Crippen molar-refractivity contribution < 1.29 is 29.0 Å². The standard InChI is InChI=1S/C26H29N3O6/c30-22-14-20(26(34)35-22)28-24(32)21-13-12-16-8-2-4-11-19(25(33)29(16)21)27-23(31)18-10-5-7-15-6-1-3-9-17(15)18/h1,3,5-7,9-10,16,19-21,26,34H,2,4,8,11-14H2,(H,27,31)(H,28,32)/t16-,19-,20?,21-,26?/m0/s1. The van der Waals surface area contributed by atoms with Crippen LogP contribution in [0.3, 0.4) is 0 Å². The van der Waals surface area contributed by atoms with Gasteiger partial charge in [-0.05, 0) is 42.5 Å². The van der Waals surface area contributed by atoms with Crippen molar-refractivity contribution in [2.45, 2.75) is 75.4 Å². The summed E-state index contributed by atoms with van der Waals surface area (Å²) in [5.41, 5.74) is 0.505. The summed E-state index contributed by atoms with van der Waals surface area (Å²) < 4.78 is 4.71. The van der Waals surface area contributed by atoms with Crippen molar-refractivity contribution >= 4 is 34.5 Å². The fourth-order valence-electron chi connectivity index (χ4n) is 5.53. The third kappa shape index (κ3) is 4.60. The summed E-state index contributed by atoms with van der Waals surface area (Å²) in [4.78, 5) is 53.1. The van der Waals surface area contributed by atoms with Crippen LogP contribution in [-0.4, -0.2) is 64.2 Å². The highest BCUT2D eigenvalue weighted by Gasteiger charge is 2.45. The molecule has 3 fully saturated rings. The number of cyclic esters (lactones) is 1. The summed E-state index contributed by atoms with van der Waals surface area (Å²) in [6.07, 6.45) is 2.68. The Morgan fingerprint density at radius 3 is 2.51 bits per heavy atom. The van der Waals surface area contributed by atoms with Gasteiger partial charge in [-0.2, -0.15) is 0 Å². The van der Waals surface area contributed by atoms with Gasteiger partial charge in [0.2, 0.25) is 18.1 Å². The number of rotatable bonds is 4. The topological polar surface area (TPSA) is 125 Å². The Morgan fingerprint density at radius 1 is 0.943 bits per heavy atom. The number of hydrogen-bond donors (Lipinski definition) is 3. The molecular weight excluding hydrogens is 450 g/mol. The summed E-state index contributed by atoms with van der Waals surface area (Å²) in [6, 6.07) is 10.7. The number of esters is 1. The van der Waals surface area contributed by atoms with Gasteiger partial charge in [0.1, 0.15) is 18.1 Å². The van der Waals surface area contributed by atoms with Crippen molar-refractivity contribution in [1.29, 1.82) is 0 Å². The van der Waals surface area contributed by atoms with E-state index in [0.29, 0.717) is 24.8 Å². The second-order valence-corrected chi connectivity index (χ2v) is 9.53. The van der Waals surface area contributed by atoms with Gasteiger partial charge in [0.15, 0.2) is 0 Å². The molecule has 0 aromatic heterocycles. The van der Waals surface area contributed by atoms with E-state index in [-0.39, 0.29) is 24.3 Å². The molecule has 3 aliphatic heterocycles. The molecule has 0 saturated carbocycles. The van der Waals surface area contributed by atoms with Gasteiger partial charge in [-0.15, -0.1) is 0 Å². The molecule has 2 aromatic carbocycles. The number of nitrogens with zero attached hydrogens (tertiary/aromatic N) is 1. The number of carbonyl (C=O) groups excluding carboxylic acids is 4. The molecule has 35 heavy (non-hydrogen) atoms. The molecule has 0 bridgehead atoms. The fourth-order valence-corrected chi connectivity index (χ4v) is 5.53. The first-order chi connectivity index (χ1) is 16.9. The van der Waals surface area contributed by atoms with E-state index in [4.69, 9.17) is 4.74 Å². The molecular formula is C26H29N3O6. The molecule has 3 N–H and O–H groups in total. The Morgan fingerprint density at radius 2 is 1.71 bits per heavy atom. The van der Waals surface area contributed by atoms with Gasteiger partial charge < -0.3 is 25.4 Å². The summed E-state index contributed by atoms with van der Waals surface area (Å²) in [5.74, 6) is -1.57. The number of amides is 3. The zero-order valence-corrected chi connectivity index (χ0v) is 19.3. The number of nitrogens with one attached hydrogen (secondary N) is 2. The van der Waals surface area contributed by atoms with Gasteiger partial charge in [0.25, 0.3) is 5.91 Å². The smallest absolute Gasteiger partial charge is 0.310 e. The van der Waals surface area contributed by atoms with Gasteiger partial charge in [-0.25, -0.2) is 0 Å². The third-order valence-electron chi connectivity index (χ3n) is 7.29. The van der Waals surface area contributed by atoms with Crippen LogP contribution in [0.5, 0.6) is 0 Å². The zero-order chi connectivity index (χ0) is 24.5. The van der Waals surface area contributed by atoms with E-state index in [1.807, 2.05) is 36.4 Å². The highest BCUT2D eigenvalue weighted by molar-refractivity contribution is 6.08. The Balaban J connectivity index is 1.34. The van der Waals surface area contributed by atoms with Crippen molar-refractivity contribution in [1.82, 2.24) is 15.5 Å². The SMILES string of the molecule is O=C1CC(NC(=O)[C@@H]2CC[C@@H]3CCCC[C@H](NC(=O)c4cccc5ccccc45)C(=O)N32)C(O)O1. The highest BCUT2D eigenvalue weighted by Crippen LogP contribution is 2.32. The normalized spacial score (nSPS) is 28.7. The molecule has 9 heteroatoms. The number of carbonyl (C=O) groups is 4. The van der Waals surface area contributed by atoms with E-state index < -0.39 is 36.3 Å². The molecule has 3 heterocycles. The maximum absolute atomic E-state index is 13.7. The zero-order valence-electron chi connectivity index (χ0n) is 19.3. The van der Waals surface area contributed by atoms with Crippen LogP contribution in [0.1, 0.15) is 55.3 Å². The lowest BCUT2D eigenvalue weighted by Crippen LogP contribution is -2.57. The van der Waals surface area contributed by atoms with Crippen molar-refractivity contribution in [2.24, 2.45) is 0 Å². The van der Waals surface area contributed by atoms with Crippen LogP contribution in [0, 0.1) is 0 Å². The van der Waals surface area contributed by atoms with Crippen LogP contribution in [0.15, 0.2) is 42.5 Å². The summed E-state index contributed by atoms with van der Waals surface area (Å²) in [6.45, 7) is 0. The lowest BCUT2D eigenvalue weighted by Gasteiger charge is -2.35. The van der Waals surface area contributed by atoms with Gasteiger partial charge in [-0.1, -0.05) is 49.2 Å². The van der Waals surface area contributed by atoms with E-state index >= 15 is 0 Å².